The number of aromatic nitrogens is 1. The molecule has 1 spiro atoms. The highest BCUT2D eigenvalue weighted by atomic mass is 16.6. The van der Waals surface area contributed by atoms with E-state index in [0.717, 1.165) is 5.56 Å². The zero-order valence-electron chi connectivity index (χ0n) is 23.4. The van der Waals surface area contributed by atoms with Gasteiger partial charge < -0.3 is 19.3 Å². The number of carboxylic acids is 1. The van der Waals surface area contributed by atoms with Gasteiger partial charge in [-0.05, 0) is 29.3 Å². The largest absolute Gasteiger partial charge is 0.481 e. The number of aryl methyl sites for hydroxylation is 1. The van der Waals surface area contributed by atoms with Gasteiger partial charge in [0.05, 0.1) is 18.4 Å². The van der Waals surface area contributed by atoms with Gasteiger partial charge in [0.1, 0.15) is 30.9 Å². The van der Waals surface area contributed by atoms with Crippen LogP contribution in [0.2, 0.25) is 0 Å². The molecule has 0 aliphatic carbocycles. The molecule has 6 rings (SSSR count). The van der Waals surface area contributed by atoms with Crippen LogP contribution in [0.5, 0.6) is 11.5 Å². The summed E-state index contributed by atoms with van der Waals surface area (Å²) in [7, 11) is 1.91. The average Bonchev–Trinajstić information content (AvgIpc) is 3.28. The molecule has 0 saturated heterocycles. The SMILES string of the molecule is C[n+]1ccc(COC(=O)Cc2ccc3c(c2)Oc2cc(CC(=O)CCC(=O)O)ccc2C32OC(=O)c3ccccc32)cc1. The molecule has 0 amide bonds. The summed E-state index contributed by atoms with van der Waals surface area (Å²) < 4.78 is 19.9. The Morgan fingerprint density at radius 1 is 0.814 bits per heavy atom. The maximum Gasteiger partial charge on any atom is 0.340 e. The van der Waals surface area contributed by atoms with Gasteiger partial charge in [-0.3, -0.25) is 14.4 Å². The van der Waals surface area contributed by atoms with Crippen molar-refractivity contribution in [3.8, 4) is 11.5 Å². The topological polar surface area (TPSA) is 120 Å². The number of ether oxygens (including phenoxy) is 3. The van der Waals surface area contributed by atoms with E-state index in [1.807, 2.05) is 48.3 Å². The van der Waals surface area contributed by atoms with E-state index in [1.165, 1.54) is 0 Å². The molecular weight excluding hydrogens is 550 g/mol. The van der Waals surface area contributed by atoms with E-state index >= 15 is 0 Å². The molecule has 2 aliphatic rings. The third-order valence-corrected chi connectivity index (χ3v) is 7.66. The summed E-state index contributed by atoms with van der Waals surface area (Å²) in [5.74, 6) is -1.31. The fourth-order valence-corrected chi connectivity index (χ4v) is 5.56. The van der Waals surface area contributed by atoms with Gasteiger partial charge in [-0.2, -0.15) is 0 Å². The second kappa shape index (κ2) is 11.2. The summed E-state index contributed by atoms with van der Waals surface area (Å²) in [6.45, 7) is 0.151. The maximum atomic E-state index is 13.1. The van der Waals surface area contributed by atoms with Crippen molar-refractivity contribution in [1.82, 2.24) is 0 Å². The summed E-state index contributed by atoms with van der Waals surface area (Å²) in [5, 5.41) is 8.92. The fourth-order valence-electron chi connectivity index (χ4n) is 5.56. The zero-order valence-corrected chi connectivity index (χ0v) is 23.4. The molecule has 216 valence electrons. The third kappa shape index (κ3) is 5.37. The van der Waals surface area contributed by atoms with Crippen molar-refractivity contribution in [3.05, 3.63) is 124 Å². The van der Waals surface area contributed by atoms with Gasteiger partial charge in [0.25, 0.3) is 0 Å². The molecule has 3 heterocycles. The molecule has 0 radical (unpaired) electrons. The highest BCUT2D eigenvalue weighted by Crippen LogP contribution is 2.56. The minimum Gasteiger partial charge on any atom is -0.481 e. The van der Waals surface area contributed by atoms with Crippen molar-refractivity contribution in [2.75, 3.05) is 0 Å². The molecule has 9 nitrogen and oxygen atoms in total. The van der Waals surface area contributed by atoms with E-state index in [0.29, 0.717) is 44.9 Å². The van der Waals surface area contributed by atoms with Crippen molar-refractivity contribution < 1.29 is 43.1 Å². The molecule has 4 aromatic rings. The minimum absolute atomic E-state index is 0.00556. The van der Waals surface area contributed by atoms with Crippen LogP contribution in [-0.2, 0) is 56.0 Å². The molecule has 0 saturated carbocycles. The molecule has 43 heavy (non-hydrogen) atoms. The van der Waals surface area contributed by atoms with Crippen LogP contribution in [0, 0.1) is 0 Å². The number of esters is 2. The lowest BCUT2D eigenvalue weighted by Crippen LogP contribution is -2.33. The first-order chi connectivity index (χ1) is 20.7. The average molecular weight is 579 g/mol. The van der Waals surface area contributed by atoms with Gasteiger partial charge in [-0.25, -0.2) is 9.36 Å². The number of carbonyl (C=O) groups is 4. The van der Waals surface area contributed by atoms with E-state index in [9.17, 15) is 19.2 Å². The monoisotopic (exact) mass is 578 g/mol. The van der Waals surface area contributed by atoms with Crippen molar-refractivity contribution in [2.24, 2.45) is 7.05 Å². The Labute approximate surface area is 247 Å². The van der Waals surface area contributed by atoms with E-state index < -0.39 is 23.5 Å². The van der Waals surface area contributed by atoms with Crippen molar-refractivity contribution in [2.45, 2.75) is 37.9 Å². The summed E-state index contributed by atoms with van der Waals surface area (Å²) >= 11 is 0. The highest BCUT2D eigenvalue weighted by Gasteiger charge is 2.53. The van der Waals surface area contributed by atoms with Crippen LogP contribution in [0.1, 0.15) is 56.6 Å². The van der Waals surface area contributed by atoms with E-state index in [-0.39, 0.29) is 38.1 Å². The van der Waals surface area contributed by atoms with E-state index in [1.54, 1.807) is 48.5 Å². The smallest absolute Gasteiger partial charge is 0.340 e. The Morgan fingerprint density at radius 3 is 2.14 bits per heavy atom. The first kappa shape index (κ1) is 27.8. The third-order valence-electron chi connectivity index (χ3n) is 7.66. The Morgan fingerprint density at radius 2 is 1.47 bits per heavy atom. The normalized spacial score (nSPS) is 16.0. The van der Waals surface area contributed by atoms with Crippen LogP contribution in [0.15, 0.2) is 85.2 Å². The lowest BCUT2D eigenvalue weighted by Gasteiger charge is -2.37. The van der Waals surface area contributed by atoms with Gasteiger partial charge in [-0.1, -0.05) is 42.5 Å². The lowest BCUT2D eigenvalue weighted by molar-refractivity contribution is -0.671. The number of hydrogen-bond acceptors (Lipinski definition) is 7. The lowest BCUT2D eigenvalue weighted by atomic mass is 9.77. The minimum atomic E-state index is -1.29. The van der Waals surface area contributed by atoms with Crippen LogP contribution in [0.25, 0.3) is 0 Å². The highest BCUT2D eigenvalue weighted by molar-refractivity contribution is 5.97. The van der Waals surface area contributed by atoms with Gasteiger partial charge >= 0.3 is 17.9 Å². The zero-order chi connectivity index (χ0) is 30.1. The standard InChI is InChI=1S/C34H27NO8/c1-35-14-12-21(13-15-35)20-41-32(39)19-23-7-10-28-30(18-23)42-29-17-22(16-24(36)8-11-31(37)38)6-9-27(29)34(28)26-5-3-2-4-25(26)33(40)43-34/h2-7,9-10,12-15,17-18H,8,11,16,19-20H2,1H3/p+1. The number of aliphatic carboxylic acids is 1. The predicted molar refractivity (Wildman–Crippen MR) is 151 cm³/mol. The number of pyridine rings is 1. The van der Waals surface area contributed by atoms with Crippen LogP contribution < -0.4 is 9.30 Å². The molecule has 1 atom stereocenters. The Kier molecular flexibility index (Phi) is 7.23. The maximum absolute atomic E-state index is 13.1. The number of fused-ring (bicyclic) bond motifs is 6. The Bertz CT molecular complexity index is 1780. The number of carboxylic acid groups (broad SMARTS) is 1. The number of benzene rings is 3. The number of hydrogen-bond donors (Lipinski definition) is 1. The Hall–Kier alpha value is -5.31. The fraction of sp³-hybridized carbons (Fsp3) is 0.206. The molecule has 9 heteroatoms. The van der Waals surface area contributed by atoms with Gasteiger partial charge in [-0.15, -0.1) is 0 Å². The van der Waals surface area contributed by atoms with Gasteiger partial charge in [0, 0.05) is 47.2 Å². The van der Waals surface area contributed by atoms with Crippen LogP contribution >= 0.6 is 0 Å². The summed E-state index contributed by atoms with van der Waals surface area (Å²) in [5.41, 5.74) is 3.19. The quantitative estimate of drug-likeness (QED) is 0.230. The van der Waals surface area contributed by atoms with E-state index in [4.69, 9.17) is 19.3 Å². The number of carbonyl (C=O) groups excluding carboxylic acids is 3. The summed E-state index contributed by atoms with van der Waals surface area (Å²) in [6, 6.07) is 21.5. The Balaban J connectivity index is 1.32. The molecule has 3 aromatic carbocycles. The molecule has 0 fully saturated rings. The van der Waals surface area contributed by atoms with Gasteiger partial charge in [0.15, 0.2) is 18.0 Å². The molecule has 2 aliphatic heterocycles. The molecule has 1 unspecified atom stereocenters. The van der Waals surface area contributed by atoms with Crippen LogP contribution in [-0.4, -0.2) is 28.8 Å². The first-order valence-corrected chi connectivity index (χ1v) is 13.8. The number of nitrogens with zero attached hydrogens (tertiary/aromatic N) is 1. The number of ketones is 1. The number of Topliss-reactive ketones (excluding diaryl/α,β-unsaturated/α-hetero) is 1. The first-order valence-electron chi connectivity index (χ1n) is 13.8. The van der Waals surface area contributed by atoms with Crippen molar-refractivity contribution in [3.63, 3.8) is 0 Å². The van der Waals surface area contributed by atoms with Crippen LogP contribution in [0.4, 0.5) is 0 Å². The second-order valence-corrected chi connectivity index (χ2v) is 10.7. The molecular formula is C34H28NO8+. The van der Waals surface area contributed by atoms with E-state index in [2.05, 4.69) is 0 Å². The predicted octanol–water partition coefficient (Wildman–Crippen LogP) is 4.34. The van der Waals surface area contributed by atoms with Crippen molar-refractivity contribution >= 4 is 23.7 Å². The van der Waals surface area contributed by atoms with Crippen molar-refractivity contribution in [1.29, 1.82) is 0 Å². The number of rotatable bonds is 9. The molecule has 1 N–H and O–H groups in total. The van der Waals surface area contributed by atoms with Gasteiger partial charge in [0.2, 0.25) is 0 Å². The summed E-state index contributed by atoms with van der Waals surface area (Å²) in [4.78, 5) is 49.1. The second-order valence-electron chi connectivity index (χ2n) is 10.7. The molecule has 1 aromatic heterocycles. The summed E-state index contributed by atoms with van der Waals surface area (Å²) in [6.07, 6.45) is 3.48. The molecule has 0 bridgehead atoms. The van der Waals surface area contributed by atoms with Crippen LogP contribution in [0.3, 0.4) is 0 Å².